The largest absolute Gasteiger partial charge is 0.573 e. The zero-order valence-electron chi connectivity index (χ0n) is 17.2. The average molecular weight is 484 g/mol. The van der Waals surface area contributed by atoms with Crippen LogP contribution in [0.25, 0.3) is 5.69 Å². The van der Waals surface area contributed by atoms with Crippen molar-refractivity contribution in [1.29, 1.82) is 0 Å². The molecule has 1 saturated carbocycles. The molecular weight excluding hydrogens is 465 g/mol. The van der Waals surface area contributed by atoms with Gasteiger partial charge in [-0.1, -0.05) is 31.0 Å². The molecule has 1 aliphatic carbocycles. The van der Waals surface area contributed by atoms with Gasteiger partial charge in [0, 0.05) is 0 Å². The van der Waals surface area contributed by atoms with E-state index in [4.69, 9.17) is 0 Å². The Hall–Kier alpha value is -3.16. The number of hydrogen-bond acceptors (Lipinski definition) is 8. The Morgan fingerprint density at radius 2 is 1.85 bits per heavy atom. The van der Waals surface area contributed by atoms with Crippen molar-refractivity contribution in [3.63, 3.8) is 0 Å². The first kappa shape index (κ1) is 23.0. The van der Waals surface area contributed by atoms with Gasteiger partial charge in [0.05, 0.1) is 11.4 Å². The number of imide groups is 1. The van der Waals surface area contributed by atoms with E-state index in [1.54, 1.807) is 0 Å². The Labute approximate surface area is 189 Å². The first-order chi connectivity index (χ1) is 15.7. The number of hydrogen-bond donors (Lipinski definition) is 1. The third-order valence-electron chi connectivity index (χ3n) is 5.56. The quantitative estimate of drug-likeness (QED) is 0.505. The Bertz CT molecular complexity index is 1050. The highest BCUT2D eigenvalue weighted by atomic mass is 32.2. The predicted molar refractivity (Wildman–Crippen MR) is 107 cm³/mol. The van der Waals surface area contributed by atoms with E-state index in [1.807, 2.05) is 0 Å². The van der Waals surface area contributed by atoms with Crippen LogP contribution in [0.3, 0.4) is 0 Å². The minimum Gasteiger partial charge on any atom is -0.406 e. The first-order valence-electron chi connectivity index (χ1n) is 10.1. The summed E-state index contributed by atoms with van der Waals surface area (Å²) in [5, 5.41) is 13.8. The van der Waals surface area contributed by atoms with Crippen LogP contribution in [0, 0.1) is 0 Å². The number of nitrogens with zero attached hydrogens (tertiary/aromatic N) is 5. The van der Waals surface area contributed by atoms with Gasteiger partial charge in [0.25, 0.3) is 5.91 Å². The van der Waals surface area contributed by atoms with Gasteiger partial charge in [0.15, 0.2) is 0 Å². The van der Waals surface area contributed by atoms with Gasteiger partial charge >= 0.3 is 6.36 Å². The van der Waals surface area contributed by atoms with Gasteiger partial charge < -0.3 is 9.64 Å². The van der Waals surface area contributed by atoms with E-state index in [0.717, 1.165) is 43.2 Å². The zero-order valence-corrected chi connectivity index (χ0v) is 18.0. The maximum absolute atomic E-state index is 13.1. The molecule has 33 heavy (non-hydrogen) atoms. The van der Waals surface area contributed by atoms with Gasteiger partial charge in [0.1, 0.15) is 17.8 Å². The minimum absolute atomic E-state index is 0.127. The smallest absolute Gasteiger partial charge is 0.406 e. The number of amides is 3. The lowest BCUT2D eigenvalue weighted by Crippen LogP contribution is -2.69. The standard InChI is InChI=1S/C19H19F3N6O4S/c20-19(21,22)32-13-6-4-12(5-7-13)28-17(24-25-26-28)33-11-15(30)27-10-14(29)23-16(31)18(27)8-2-1-3-9-18/h4-7H,1-3,8-11H2,(H,23,29,31). The normalized spacial score (nSPS) is 18.3. The number of rotatable bonds is 5. The molecule has 0 bridgehead atoms. The van der Waals surface area contributed by atoms with Crippen LogP contribution in [-0.2, 0) is 14.4 Å². The fourth-order valence-electron chi connectivity index (χ4n) is 4.08. The second-order valence-corrected chi connectivity index (χ2v) is 8.60. The number of ether oxygens (including phenoxy) is 1. The summed E-state index contributed by atoms with van der Waals surface area (Å²) in [6.45, 7) is -0.198. The number of nitrogens with one attached hydrogen (secondary N) is 1. The number of alkyl halides is 3. The van der Waals surface area contributed by atoms with Crippen molar-refractivity contribution in [2.45, 2.75) is 49.2 Å². The molecule has 2 fully saturated rings. The number of piperazine rings is 1. The number of aromatic nitrogens is 4. The Morgan fingerprint density at radius 3 is 2.52 bits per heavy atom. The number of thioether (sulfide) groups is 1. The molecule has 0 atom stereocenters. The summed E-state index contributed by atoms with van der Waals surface area (Å²) < 4.78 is 42.1. The first-order valence-corrected chi connectivity index (χ1v) is 11.1. The van der Waals surface area contributed by atoms with Gasteiger partial charge in [-0.05, 0) is 47.5 Å². The van der Waals surface area contributed by atoms with Crippen LogP contribution in [-0.4, -0.2) is 67.0 Å². The summed E-state index contributed by atoms with van der Waals surface area (Å²) in [7, 11) is 0. The Balaban J connectivity index is 1.47. The van der Waals surface area contributed by atoms with E-state index in [-0.39, 0.29) is 17.5 Å². The van der Waals surface area contributed by atoms with E-state index in [1.165, 1.54) is 21.7 Å². The van der Waals surface area contributed by atoms with Gasteiger partial charge in [-0.2, -0.15) is 4.68 Å². The summed E-state index contributed by atoms with van der Waals surface area (Å²) in [6.07, 6.45) is -1.30. The average Bonchev–Trinajstić information content (AvgIpc) is 3.23. The maximum atomic E-state index is 13.1. The van der Waals surface area contributed by atoms with Gasteiger partial charge in [0.2, 0.25) is 17.0 Å². The molecule has 3 amide bonds. The Kier molecular flexibility index (Phi) is 6.28. The van der Waals surface area contributed by atoms with E-state index in [9.17, 15) is 27.6 Å². The molecule has 1 aliphatic heterocycles. The lowest BCUT2D eigenvalue weighted by molar-refractivity contribution is -0.274. The zero-order chi connectivity index (χ0) is 23.6. The van der Waals surface area contributed by atoms with E-state index in [0.29, 0.717) is 18.5 Å². The van der Waals surface area contributed by atoms with E-state index < -0.39 is 35.4 Å². The molecule has 1 spiro atoms. The monoisotopic (exact) mass is 484 g/mol. The summed E-state index contributed by atoms with van der Waals surface area (Å²) >= 11 is 0.996. The highest BCUT2D eigenvalue weighted by Crippen LogP contribution is 2.36. The van der Waals surface area contributed by atoms with Crippen molar-refractivity contribution < 1.29 is 32.3 Å². The number of tetrazole rings is 1. The fourth-order valence-corrected chi connectivity index (χ4v) is 4.85. The van der Waals surface area contributed by atoms with Crippen molar-refractivity contribution in [2.24, 2.45) is 0 Å². The summed E-state index contributed by atoms with van der Waals surface area (Å²) in [5.41, 5.74) is -0.662. The number of halogens is 3. The second-order valence-electron chi connectivity index (χ2n) is 7.65. The highest BCUT2D eigenvalue weighted by Gasteiger charge is 2.50. The van der Waals surface area contributed by atoms with Crippen LogP contribution >= 0.6 is 11.8 Å². The van der Waals surface area contributed by atoms with Crippen LogP contribution in [0.5, 0.6) is 5.75 Å². The topological polar surface area (TPSA) is 119 Å². The van der Waals surface area contributed by atoms with Crippen LogP contribution in [0.2, 0.25) is 0 Å². The van der Waals surface area contributed by atoms with E-state index in [2.05, 4.69) is 25.6 Å². The SMILES string of the molecule is O=C1CN(C(=O)CSc2nnnn2-c2ccc(OC(F)(F)F)cc2)C2(CCCCC2)C(=O)N1. The van der Waals surface area contributed by atoms with Gasteiger partial charge in [-0.25, -0.2) is 0 Å². The number of carbonyl (C=O) groups excluding carboxylic acids is 3. The minimum atomic E-state index is -4.81. The molecule has 14 heteroatoms. The van der Waals surface area contributed by atoms with Crippen LogP contribution in [0.4, 0.5) is 13.2 Å². The third kappa shape index (κ3) is 4.94. The van der Waals surface area contributed by atoms with Crippen LogP contribution in [0.1, 0.15) is 32.1 Å². The second kappa shape index (κ2) is 9.00. The molecule has 2 heterocycles. The van der Waals surface area contributed by atoms with Crippen molar-refractivity contribution >= 4 is 29.5 Å². The van der Waals surface area contributed by atoms with Crippen LogP contribution < -0.4 is 10.1 Å². The lowest BCUT2D eigenvalue weighted by Gasteiger charge is -2.47. The molecule has 1 N–H and O–H groups in total. The molecular formula is C19H19F3N6O4S. The van der Waals surface area contributed by atoms with Crippen molar-refractivity contribution in [1.82, 2.24) is 30.4 Å². The summed E-state index contributed by atoms with van der Waals surface area (Å²) in [6, 6.07) is 4.92. The molecule has 4 rings (SSSR count). The molecule has 2 aliphatic rings. The lowest BCUT2D eigenvalue weighted by atomic mass is 9.78. The van der Waals surface area contributed by atoms with E-state index >= 15 is 0 Å². The third-order valence-corrected chi connectivity index (χ3v) is 6.46. The molecule has 0 unspecified atom stereocenters. The maximum Gasteiger partial charge on any atom is 0.573 e. The highest BCUT2D eigenvalue weighted by molar-refractivity contribution is 7.99. The Morgan fingerprint density at radius 1 is 1.15 bits per heavy atom. The molecule has 1 saturated heterocycles. The molecule has 176 valence electrons. The molecule has 1 aromatic heterocycles. The van der Waals surface area contributed by atoms with Crippen LogP contribution in [0.15, 0.2) is 29.4 Å². The molecule has 0 radical (unpaired) electrons. The van der Waals surface area contributed by atoms with Crippen molar-refractivity contribution in [2.75, 3.05) is 12.3 Å². The number of carbonyl (C=O) groups is 3. The molecule has 2 aromatic rings. The van der Waals surface area contributed by atoms with Crippen molar-refractivity contribution in [3.8, 4) is 11.4 Å². The van der Waals surface area contributed by atoms with Gasteiger partial charge in [-0.15, -0.1) is 18.3 Å². The summed E-state index contributed by atoms with van der Waals surface area (Å²) in [5.74, 6) is -1.88. The number of benzene rings is 1. The molecule has 10 nitrogen and oxygen atoms in total. The fraction of sp³-hybridized carbons (Fsp3) is 0.474. The predicted octanol–water partition coefficient (Wildman–Crippen LogP) is 1.84. The summed E-state index contributed by atoms with van der Waals surface area (Å²) in [4.78, 5) is 39.0. The molecule has 1 aromatic carbocycles. The van der Waals surface area contributed by atoms with Crippen molar-refractivity contribution in [3.05, 3.63) is 24.3 Å². The van der Waals surface area contributed by atoms with Gasteiger partial charge in [-0.3, -0.25) is 19.7 Å².